The number of ether oxygens (including phenoxy) is 2. The van der Waals surface area contributed by atoms with E-state index in [1.807, 2.05) is 13.8 Å². The number of hydrogen-bond acceptors (Lipinski definition) is 6. The molecule has 0 fully saturated rings. The van der Waals surface area contributed by atoms with E-state index in [2.05, 4.69) is 0 Å². The van der Waals surface area contributed by atoms with Crippen molar-refractivity contribution in [3.05, 3.63) is 58.9 Å². The quantitative estimate of drug-likeness (QED) is 0.567. The Kier molecular flexibility index (Phi) is 6.38. The predicted molar refractivity (Wildman–Crippen MR) is 103 cm³/mol. The first-order valence-electron chi connectivity index (χ1n) is 8.31. The first-order chi connectivity index (χ1) is 12.4. The second kappa shape index (κ2) is 8.71. The molecule has 138 valence electrons. The maximum Gasteiger partial charge on any atom is 0.126 e. The van der Waals surface area contributed by atoms with Crippen LogP contribution < -0.4 is 20.9 Å². The third kappa shape index (κ3) is 4.86. The molecular formula is C20H24N2O4. The number of benzene rings is 2. The lowest BCUT2D eigenvalue weighted by molar-refractivity contribution is 0.337. The van der Waals surface area contributed by atoms with Gasteiger partial charge in [0.15, 0.2) is 0 Å². The number of phenolic OH excluding ortho intramolecular Hbond substituents is 2. The molecule has 0 radical (unpaired) electrons. The van der Waals surface area contributed by atoms with Crippen molar-refractivity contribution >= 4 is 12.2 Å². The minimum absolute atomic E-state index is 0.0376. The number of nitrogens with two attached hydrogens (primary N) is 2. The van der Waals surface area contributed by atoms with Gasteiger partial charge >= 0.3 is 0 Å². The van der Waals surface area contributed by atoms with Crippen LogP contribution in [-0.4, -0.2) is 23.4 Å². The molecule has 0 saturated carbocycles. The van der Waals surface area contributed by atoms with E-state index in [1.54, 1.807) is 36.4 Å². The Morgan fingerprint density at radius 1 is 0.808 bits per heavy atom. The number of aromatic hydroxyl groups is 2. The van der Waals surface area contributed by atoms with Crippen molar-refractivity contribution in [1.82, 2.24) is 0 Å². The van der Waals surface area contributed by atoms with Crippen LogP contribution in [0.3, 0.4) is 0 Å². The summed E-state index contributed by atoms with van der Waals surface area (Å²) in [6.45, 7) is 4.76. The summed E-state index contributed by atoms with van der Waals surface area (Å²) >= 11 is 0. The Balaban J connectivity index is 2.24. The van der Waals surface area contributed by atoms with Gasteiger partial charge in [0, 0.05) is 23.3 Å². The summed E-state index contributed by atoms with van der Waals surface area (Å²) in [5.41, 5.74) is 13.6. The Bertz CT molecular complexity index is 759. The minimum Gasteiger partial charge on any atom is -0.507 e. The smallest absolute Gasteiger partial charge is 0.126 e. The Hall–Kier alpha value is -3.28. The summed E-state index contributed by atoms with van der Waals surface area (Å²) < 4.78 is 10.7. The molecule has 0 spiro atoms. The van der Waals surface area contributed by atoms with Crippen molar-refractivity contribution in [2.45, 2.75) is 13.8 Å². The zero-order valence-electron chi connectivity index (χ0n) is 14.9. The molecular weight excluding hydrogens is 332 g/mol. The van der Waals surface area contributed by atoms with Crippen molar-refractivity contribution in [1.29, 1.82) is 0 Å². The van der Waals surface area contributed by atoms with E-state index in [0.29, 0.717) is 35.8 Å². The molecule has 6 nitrogen and oxygen atoms in total. The highest BCUT2D eigenvalue weighted by atomic mass is 16.5. The fraction of sp³-hybridized carbons (Fsp3) is 0.200. The molecule has 2 rings (SSSR count). The van der Waals surface area contributed by atoms with E-state index < -0.39 is 0 Å². The normalized spacial score (nSPS) is 12.1. The molecule has 0 aromatic heterocycles. The zero-order chi connectivity index (χ0) is 19.1. The monoisotopic (exact) mass is 356 g/mol. The third-order valence-corrected chi connectivity index (χ3v) is 3.58. The number of phenols is 2. The van der Waals surface area contributed by atoms with Crippen molar-refractivity contribution in [3.8, 4) is 23.0 Å². The van der Waals surface area contributed by atoms with Crippen molar-refractivity contribution in [2.75, 3.05) is 13.2 Å². The molecule has 0 atom stereocenters. The summed E-state index contributed by atoms with van der Waals surface area (Å²) in [5, 5.41) is 20.1. The van der Waals surface area contributed by atoms with E-state index in [0.717, 1.165) is 0 Å². The number of hydrogen-bond donors (Lipinski definition) is 4. The molecule has 0 bridgehead atoms. The molecule has 2 aromatic carbocycles. The highest BCUT2D eigenvalue weighted by molar-refractivity contribution is 5.69. The van der Waals surface area contributed by atoms with Crippen LogP contribution in [0.2, 0.25) is 0 Å². The third-order valence-electron chi connectivity index (χ3n) is 3.58. The van der Waals surface area contributed by atoms with Crippen molar-refractivity contribution < 1.29 is 19.7 Å². The largest absolute Gasteiger partial charge is 0.507 e. The maximum atomic E-state index is 10.1. The predicted octanol–water partition coefficient (Wildman–Crippen LogP) is 3.19. The van der Waals surface area contributed by atoms with E-state index >= 15 is 0 Å². The van der Waals surface area contributed by atoms with Crippen LogP contribution in [0.5, 0.6) is 23.0 Å². The molecule has 0 aliphatic carbocycles. The summed E-state index contributed by atoms with van der Waals surface area (Å²) in [6, 6.07) is 9.88. The van der Waals surface area contributed by atoms with Crippen LogP contribution in [0.15, 0.2) is 47.8 Å². The first-order valence-corrected chi connectivity index (χ1v) is 8.31. The molecule has 0 unspecified atom stereocenters. The minimum atomic E-state index is 0.0376. The van der Waals surface area contributed by atoms with Gasteiger partial charge in [-0.15, -0.1) is 0 Å². The molecule has 2 aromatic rings. The Morgan fingerprint density at radius 3 is 1.50 bits per heavy atom. The second-order valence-electron chi connectivity index (χ2n) is 5.51. The van der Waals surface area contributed by atoms with Gasteiger partial charge in [-0.05, 0) is 50.3 Å². The molecule has 0 saturated heterocycles. The van der Waals surface area contributed by atoms with Crippen molar-refractivity contribution in [3.63, 3.8) is 0 Å². The highest BCUT2D eigenvalue weighted by Gasteiger charge is 2.06. The lowest BCUT2D eigenvalue weighted by Gasteiger charge is -2.08. The molecule has 6 N–H and O–H groups in total. The fourth-order valence-electron chi connectivity index (χ4n) is 2.31. The van der Waals surface area contributed by atoms with Gasteiger partial charge in [0.05, 0.1) is 24.6 Å². The van der Waals surface area contributed by atoms with E-state index in [4.69, 9.17) is 20.9 Å². The molecule has 6 heteroatoms. The molecule has 0 heterocycles. The molecule has 0 aliphatic rings. The van der Waals surface area contributed by atoms with Crippen LogP contribution in [0, 0.1) is 0 Å². The van der Waals surface area contributed by atoms with E-state index in [-0.39, 0.29) is 22.9 Å². The number of rotatable bonds is 7. The summed E-state index contributed by atoms with van der Waals surface area (Å²) in [6.07, 6.45) is 3.12. The van der Waals surface area contributed by atoms with Gasteiger partial charge < -0.3 is 31.2 Å². The summed E-state index contributed by atoms with van der Waals surface area (Å²) in [4.78, 5) is 0. The Morgan fingerprint density at radius 2 is 1.19 bits per heavy atom. The summed E-state index contributed by atoms with van der Waals surface area (Å²) in [7, 11) is 0. The molecule has 0 amide bonds. The average molecular weight is 356 g/mol. The van der Waals surface area contributed by atoms with Gasteiger partial charge in [-0.3, -0.25) is 0 Å². The SMILES string of the molecule is CCOc1ccc(C=C(N)C(N)=Cc2ccc(OCC)cc2O)c(O)c1. The fourth-order valence-corrected chi connectivity index (χ4v) is 2.31. The van der Waals surface area contributed by atoms with Gasteiger partial charge in [-0.25, -0.2) is 0 Å². The maximum absolute atomic E-state index is 10.1. The van der Waals surface area contributed by atoms with E-state index in [9.17, 15) is 10.2 Å². The van der Waals surface area contributed by atoms with Gasteiger partial charge in [-0.1, -0.05) is 0 Å². The average Bonchev–Trinajstić information content (AvgIpc) is 2.60. The van der Waals surface area contributed by atoms with Crippen LogP contribution in [0.4, 0.5) is 0 Å². The van der Waals surface area contributed by atoms with Gasteiger partial charge in [0.1, 0.15) is 23.0 Å². The van der Waals surface area contributed by atoms with Gasteiger partial charge in [0.2, 0.25) is 0 Å². The van der Waals surface area contributed by atoms with Crippen LogP contribution in [0.25, 0.3) is 12.2 Å². The highest BCUT2D eigenvalue weighted by Crippen LogP contribution is 2.28. The standard InChI is InChI=1S/C20H24N2O4/c1-3-25-15-7-5-13(19(23)11-15)9-17(21)18(22)10-14-6-8-16(26-4-2)12-20(14)24/h5-12,23-24H,3-4,21-22H2,1-2H3. The van der Waals surface area contributed by atoms with Crippen LogP contribution in [-0.2, 0) is 0 Å². The lowest BCUT2D eigenvalue weighted by Crippen LogP contribution is -2.08. The van der Waals surface area contributed by atoms with E-state index in [1.165, 1.54) is 12.1 Å². The Labute approximate surface area is 153 Å². The topological polar surface area (TPSA) is 111 Å². The zero-order valence-corrected chi connectivity index (χ0v) is 14.9. The molecule has 26 heavy (non-hydrogen) atoms. The summed E-state index contributed by atoms with van der Waals surface area (Å²) in [5.74, 6) is 1.22. The first kappa shape index (κ1) is 19.1. The van der Waals surface area contributed by atoms with Crippen LogP contribution >= 0.6 is 0 Å². The van der Waals surface area contributed by atoms with Crippen LogP contribution in [0.1, 0.15) is 25.0 Å². The second-order valence-corrected chi connectivity index (χ2v) is 5.51. The molecule has 0 aliphatic heterocycles. The van der Waals surface area contributed by atoms with Gasteiger partial charge in [-0.2, -0.15) is 0 Å². The lowest BCUT2D eigenvalue weighted by atomic mass is 10.1. The van der Waals surface area contributed by atoms with Crippen molar-refractivity contribution in [2.24, 2.45) is 11.5 Å². The van der Waals surface area contributed by atoms with Gasteiger partial charge in [0.25, 0.3) is 0 Å².